The molecule has 1 fully saturated rings. The summed E-state index contributed by atoms with van der Waals surface area (Å²) in [5.41, 5.74) is 0.882. The van der Waals surface area contributed by atoms with Crippen LogP contribution in [0.5, 0.6) is 0 Å². The van der Waals surface area contributed by atoms with Crippen LogP contribution in [-0.2, 0) is 20.9 Å². The van der Waals surface area contributed by atoms with Gasteiger partial charge in [-0.25, -0.2) is 4.39 Å². The van der Waals surface area contributed by atoms with Gasteiger partial charge >= 0.3 is 0 Å². The number of rotatable bonds is 5. The predicted octanol–water partition coefficient (Wildman–Crippen LogP) is 2.06. The third kappa shape index (κ3) is 4.54. The lowest BCUT2D eigenvalue weighted by atomic mass is 10.0. The number of benzene rings is 1. The highest BCUT2D eigenvalue weighted by Gasteiger charge is 2.33. The van der Waals surface area contributed by atoms with Gasteiger partial charge in [0.2, 0.25) is 11.8 Å². The van der Waals surface area contributed by atoms with Gasteiger partial charge in [-0.3, -0.25) is 9.59 Å². The molecule has 1 atom stereocenters. The van der Waals surface area contributed by atoms with Gasteiger partial charge < -0.3 is 14.5 Å². The quantitative estimate of drug-likeness (QED) is 0.827. The van der Waals surface area contributed by atoms with E-state index in [1.165, 1.54) is 19.2 Å². The van der Waals surface area contributed by atoms with E-state index in [1.807, 2.05) is 18.7 Å². The maximum absolute atomic E-state index is 13.1. The summed E-state index contributed by atoms with van der Waals surface area (Å²) in [6.45, 7) is 5.43. The maximum atomic E-state index is 13.1. The fraction of sp³-hybridized carbons (Fsp3) is 0.556. The molecule has 2 amide bonds. The molecule has 0 unspecified atom stereocenters. The van der Waals surface area contributed by atoms with Crippen LogP contribution in [0.1, 0.15) is 25.8 Å². The highest BCUT2D eigenvalue weighted by molar-refractivity contribution is 5.81. The number of nitrogens with zero attached hydrogens (tertiary/aromatic N) is 2. The van der Waals surface area contributed by atoms with Crippen LogP contribution in [0.25, 0.3) is 0 Å². The van der Waals surface area contributed by atoms with Crippen molar-refractivity contribution in [2.75, 3.05) is 26.8 Å². The van der Waals surface area contributed by atoms with Gasteiger partial charge in [0.15, 0.2) is 0 Å². The molecular weight excluding hydrogens is 311 g/mol. The molecule has 6 heteroatoms. The van der Waals surface area contributed by atoms with Crippen LogP contribution in [0.15, 0.2) is 24.3 Å². The lowest BCUT2D eigenvalue weighted by Gasteiger charge is -2.34. The molecule has 1 aliphatic rings. The molecule has 132 valence electrons. The first kappa shape index (κ1) is 18.4. The van der Waals surface area contributed by atoms with E-state index in [0.717, 1.165) is 5.56 Å². The molecule has 0 saturated carbocycles. The molecule has 1 aromatic carbocycles. The summed E-state index contributed by atoms with van der Waals surface area (Å²) in [7, 11) is 1.49. The zero-order valence-corrected chi connectivity index (χ0v) is 14.5. The van der Waals surface area contributed by atoms with Crippen molar-refractivity contribution in [3.05, 3.63) is 35.6 Å². The molecule has 1 aromatic rings. The minimum atomic E-state index is -0.294. The number of carbonyl (C=O) groups excluding carboxylic acids is 2. The lowest BCUT2D eigenvalue weighted by molar-refractivity contribution is -0.136. The van der Waals surface area contributed by atoms with Gasteiger partial charge in [-0.15, -0.1) is 0 Å². The predicted molar refractivity (Wildman–Crippen MR) is 88.6 cm³/mol. The summed E-state index contributed by atoms with van der Waals surface area (Å²) in [5, 5.41) is 0. The van der Waals surface area contributed by atoms with Crippen LogP contribution in [-0.4, -0.2) is 54.5 Å². The number of hydrogen-bond donors (Lipinski definition) is 0. The number of ether oxygens (including phenoxy) is 1. The van der Waals surface area contributed by atoms with E-state index in [1.54, 1.807) is 17.0 Å². The molecule has 0 N–H and O–H groups in total. The molecule has 5 nitrogen and oxygen atoms in total. The van der Waals surface area contributed by atoms with Crippen LogP contribution in [0.2, 0.25) is 0 Å². The largest absolute Gasteiger partial charge is 0.375 e. The van der Waals surface area contributed by atoms with Gasteiger partial charge in [0.25, 0.3) is 0 Å². The monoisotopic (exact) mass is 336 g/mol. The highest BCUT2D eigenvalue weighted by Crippen LogP contribution is 2.21. The second-order valence-corrected chi connectivity index (χ2v) is 6.48. The summed E-state index contributed by atoms with van der Waals surface area (Å²) < 4.78 is 18.0. The molecule has 0 bridgehead atoms. The van der Waals surface area contributed by atoms with Crippen LogP contribution in [0.4, 0.5) is 4.39 Å². The fourth-order valence-electron chi connectivity index (χ4n) is 2.98. The SMILES string of the molecule is COCC(=O)N1CCC(=O)N(Cc2ccc(F)cc2)[C@H](C(C)C)C1. The van der Waals surface area contributed by atoms with Gasteiger partial charge in [-0.05, 0) is 23.6 Å². The Labute approximate surface area is 142 Å². The van der Waals surface area contributed by atoms with Crippen molar-refractivity contribution < 1.29 is 18.7 Å². The Kier molecular flexibility index (Phi) is 6.31. The first-order valence-electron chi connectivity index (χ1n) is 8.23. The van der Waals surface area contributed by atoms with Crippen molar-refractivity contribution in [2.45, 2.75) is 32.9 Å². The van der Waals surface area contributed by atoms with E-state index in [-0.39, 0.29) is 36.2 Å². The number of methoxy groups -OCH3 is 1. The summed E-state index contributed by atoms with van der Waals surface area (Å²) >= 11 is 0. The van der Waals surface area contributed by atoms with E-state index in [9.17, 15) is 14.0 Å². The van der Waals surface area contributed by atoms with Gasteiger partial charge in [0, 0.05) is 33.2 Å². The van der Waals surface area contributed by atoms with E-state index < -0.39 is 0 Å². The Hall–Kier alpha value is -1.95. The molecule has 0 spiro atoms. The van der Waals surface area contributed by atoms with E-state index >= 15 is 0 Å². The number of hydrogen-bond acceptors (Lipinski definition) is 3. The zero-order chi connectivity index (χ0) is 17.7. The molecule has 1 saturated heterocycles. The fourth-order valence-corrected chi connectivity index (χ4v) is 2.98. The third-order valence-electron chi connectivity index (χ3n) is 4.38. The second kappa shape index (κ2) is 8.24. The van der Waals surface area contributed by atoms with Crippen molar-refractivity contribution in [2.24, 2.45) is 5.92 Å². The van der Waals surface area contributed by atoms with Crippen molar-refractivity contribution >= 4 is 11.8 Å². The van der Waals surface area contributed by atoms with E-state index in [2.05, 4.69) is 0 Å². The number of halogens is 1. The Morgan fingerprint density at radius 2 is 2.00 bits per heavy atom. The van der Waals surface area contributed by atoms with Gasteiger partial charge in [0.1, 0.15) is 12.4 Å². The third-order valence-corrected chi connectivity index (χ3v) is 4.38. The molecule has 0 aliphatic carbocycles. The van der Waals surface area contributed by atoms with Crippen LogP contribution in [0, 0.1) is 11.7 Å². The molecule has 1 aliphatic heterocycles. The molecule has 1 heterocycles. The normalized spacial score (nSPS) is 18.9. The van der Waals surface area contributed by atoms with Crippen LogP contribution in [0.3, 0.4) is 0 Å². The van der Waals surface area contributed by atoms with Gasteiger partial charge in [-0.1, -0.05) is 26.0 Å². The Bertz CT molecular complexity index is 574. The summed E-state index contributed by atoms with van der Waals surface area (Å²) in [5.74, 6) is -0.173. The summed E-state index contributed by atoms with van der Waals surface area (Å²) in [6, 6.07) is 6.11. The van der Waals surface area contributed by atoms with Crippen LogP contribution >= 0.6 is 0 Å². The van der Waals surface area contributed by atoms with Crippen molar-refractivity contribution in [3.8, 4) is 0 Å². The zero-order valence-electron chi connectivity index (χ0n) is 14.5. The van der Waals surface area contributed by atoms with Crippen molar-refractivity contribution in [1.29, 1.82) is 0 Å². The second-order valence-electron chi connectivity index (χ2n) is 6.48. The molecule has 0 radical (unpaired) electrons. The maximum Gasteiger partial charge on any atom is 0.248 e. The smallest absolute Gasteiger partial charge is 0.248 e. The average Bonchev–Trinajstić information content (AvgIpc) is 2.70. The topological polar surface area (TPSA) is 49.9 Å². The molecule has 0 aromatic heterocycles. The molecule has 2 rings (SSSR count). The van der Waals surface area contributed by atoms with E-state index in [4.69, 9.17) is 4.74 Å². The number of carbonyl (C=O) groups is 2. The minimum Gasteiger partial charge on any atom is -0.375 e. The molecular formula is C18H25FN2O3. The minimum absolute atomic E-state index is 0.0192. The standard InChI is InChI=1S/C18H25FN2O3/c1-13(2)16-11-20(18(23)12-24-3)9-8-17(22)21(16)10-14-4-6-15(19)7-5-14/h4-7,13,16H,8-12H2,1-3H3/t16-/m0/s1. The first-order chi connectivity index (χ1) is 11.4. The van der Waals surface area contributed by atoms with Crippen molar-refractivity contribution in [3.63, 3.8) is 0 Å². The molecule has 24 heavy (non-hydrogen) atoms. The summed E-state index contributed by atoms with van der Waals surface area (Å²) in [6.07, 6.45) is 0.292. The van der Waals surface area contributed by atoms with Crippen LogP contribution < -0.4 is 0 Å². The van der Waals surface area contributed by atoms with Gasteiger partial charge in [-0.2, -0.15) is 0 Å². The Morgan fingerprint density at radius 1 is 1.33 bits per heavy atom. The van der Waals surface area contributed by atoms with E-state index in [0.29, 0.717) is 26.1 Å². The first-order valence-corrected chi connectivity index (χ1v) is 8.23. The van der Waals surface area contributed by atoms with Crippen molar-refractivity contribution in [1.82, 2.24) is 9.80 Å². The Morgan fingerprint density at radius 3 is 2.58 bits per heavy atom. The lowest BCUT2D eigenvalue weighted by Crippen LogP contribution is -2.47. The van der Waals surface area contributed by atoms with Gasteiger partial charge in [0.05, 0.1) is 6.04 Å². The average molecular weight is 336 g/mol. The summed E-state index contributed by atoms with van der Waals surface area (Å²) in [4.78, 5) is 28.3. The Balaban J connectivity index is 2.19. The highest BCUT2D eigenvalue weighted by atomic mass is 19.1. The number of amides is 2.